The monoisotopic (exact) mass is 197 g/mol. The number of nitrogens with zero attached hydrogens (tertiary/aromatic N) is 2. The molecule has 0 bridgehead atoms. The van der Waals surface area contributed by atoms with E-state index in [1.54, 1.807) is 14.0 Å². The first-order chi connectivity index (χ1) is 6.45. The molecule has 4 heteroatoms. The van der Waals surface area contributed by atoms with Gasteiger partial charge in [-0.3, -0.25) is 4.79 Å². The third kappa shape index (κ3) is 3.75. The van der Waals surface area contributed by atoms with Crippen molar-refractivity contribution in [2.24, 2.45) is 5.73 Å². The van der Waals surface area contributed by atoms with Crippen LogP contribution in [0.4, 0.5) is 0 Å². The summed E-state index contributed by atoms with van der Waals surface area (Å²) in [4.78, 5) is 13.3. The van der Waals surface area contributed by atoms with Crippen molar-refractivity contribution in [3.05, 3.63) is 0 Å². The fourth-order valence-corrected chi connectivity index (χ4v) is 1.38. The predicted octanol–water partition coefficient (Wildman–Crippen LogP) is 0.876. The van der Waals surface area contributed by atoms with Crippen LogP contribution < -0.4 is 5.73 Å². The van der Waals surface area contributed by atoms with Crippen molar-refractivity contribution in [2.75, 3.05) is 13.6 Å². The molecule has 1 atom stereocenters. The molecule has 0 aliphatic rings. The van der Waals surface area contributed by atoms with Gasteiger partial charge >= 0.3 is 0 Å². The van der Waals surface area contributed by atoms with E-state index in [4.69, 9.17) is 11.0 Å². The average molecular weight is 197 g/mol. The lowest BCUT2D eigenvalue weighted by Crippen LogP contribution is -2.52. The maximum absolute atomic E-state index is 11.8. The van der Waals surface area contributed by atoms with Crippen LogP contribution in [-0.4, -0.2) is 29.9 Å². The van der Waals surface area contributed by atoms with Gasteiger partial charge in [-0.2, -0.15) is 5.26 Å². The highest BCUT2D eigenvalue weighted by atomic mass is 16.2. The summed E-state index contributed by atoms with van der Waals surface area (Å²) < 4.78 is 0. The van der Waals surface area contributed by atoms with E-state index >= 15 is 0 Å². The second kappa shape index (κ2) is 5.61. The summed E-state index contributed by atoms with van der Waals surface area (Å²) in [5.41, 5.74) is 5.08. The van der Waals surface area contributed by atoms with Crippen LogP contribution in [0.1, 0.15) is 33.1 Å². The molecule has 80 valence electrons. The quantitative estimate of drug-likeness (QED) is 0.711. The molecule has 1 unspecified atom stereocenters. The van der Waals surface area contributed by atoms with Crippen molar-refractivity contribution >= 4 is 5.91 Å². The molecule has 0 fully saturated rings. The number of hydrogen-bond donors (Lipinski definition) is 1. The van der Waals surface area contributed by atoms with Crippen molar-refractivity contribution in [3.63, 3.8) is 0 Å². The Kier molecular flexibility index (Phi) is 5.18. The summed E-state index contributed by atoms with van der Waals surface area (Å²) in [6.45, 7) is 4.18. The number of nitrogens with two attached hydrogens (primary N) is 1. The SMILES string of the molecule is CCCC(C)(N)C(=O)N(C)CCC#N. The van der Waals surface area contributed by atoms with E-state index < -0.39 is 5.54 Å². The first kappa shape index (κ1) is 12.9. The number of likely N-dealkylation sites (N-methyl/N-ethyl adjacent to an activating group) is 1. The van der Waals surface area contributed by atoms with E-state index in [1.807, 2.05) is 13.0 Å². The van der Waals surface area contributed by atoms with Crippen LogP contribution >= 0.6 is 0 Å². The molecule has 4 nitrogen and oxygen atoms in total. The molecule has 0 spiro atoms. The first-order valence-electron chi connectivity index (χ1n) is 4.87. The lowest BCUT2D eigenvalue weighted by Gasteiger charge is -2.28. The molecule has 0 saturated heterocycles. The summed E-state index contributed by atoms with van der Waals surface area (Å²) in [7, 11) is 1.68. The molecule has 2 N–H and O–H groups in total. The first-order valence-corrected chi connectivity index (χ1v) is 4.87. The molecule has 0 radical (unpaired) electrons. The van der Waals surface area contributed by atoms with Crippen LogP contribution in [0.2, 0.25) is 0 Å². The Bertz CT molecular complexity index is 230. The van der Waals surface area contributed by atoms with Gasteiger partial charge in [-0.05, 0) is 13.3 Å². The van der Waals surface area contributed by atoms with Crippen molar-refractivity contribution in [3.8, 4) is 6.07 Å². The largest absolute Gasteiger partial charge is 0.343 e. The van der Waals surface area contributed by atoms with E-state index in [2.05, 4.69) is 0 Å². The lowest BCUT2D eigenvalue weighted by molar-refractivity contribution is -0.135. The average Bonchev–Trinajstić information content (AvgIpc) is 2.12. The Balaban J connectivity index is 4.23. The van der Waals surface area contributed by atoms with Crippen LogP contribution in [0.3, 0.4) is 0 Å². The fraction of sp³-hybridized carbons (Fsp3) is 0.800. The predicted molar refractivity (Wildman–Crippen MR) is 55.4 cm³/mol. The van der Waals surface area contributed by atoms with Gasteiger partial charge in [-0.1, -0.05) is 13.3 Å². The standard InChI is InChI=1S/C10H19N3O/c1-4-6-10(2,12)9(14)13(3)8-5-7-11/h4-6,8,12H2,1-3H3. The van der Waals surface area contributed by atoms with Gasteiger partial charge in [-0.25, -0.2) is 0 Å². The van der Waals surface area contributed by atoms with Crippen LogP contribution in [-0.2, 0) is 4.79 Å². The van der Waals surface area contributed by atoms with Gasteiger partial charge in [0, 0.05) is 13.6 Å². The highest BCUT2D eigenvalue weighted by Crippen LogP contribution is 2.11. The third-order valence-electron chi connectivity index (χ3n) is 2.16. The molecule has 0 heterocycles. The van der Waals surface area contributed by atoms with Gasteiger partial charge in [-0.15, -0.1) is 0 Å². The van der Waals surface area contributed by atoms with Crippen LogP contribution in [0, 0.1) is 11.3 Å². The number of carbonyl (C=O) groups is 1. The summed E-state index contributed by atoms with van der Waals surface area (Å²) in [6, 6.07) is 2.00. The van der Waals surface area contributed by atoms with Gasteiger partial charge in [0.25, 0.3) is 0 Å². The Morgan fingerprint density at radius 1 is 1.64 bits per heavy atom. The van der Waals surface area contributed by atoms with E-state index in [0.717, 1.165) is 6.42 Å². The van der Waals surface area contributed by atoms with Crippen molar-refractivity contribution in [1.82, 2.24) is 4.90 Å². The second-order valence-electron chi connectivity index (χ2n) is 3.80. The zero-order chi connectivity index (χ0) is 11.2. The molecule has 0 aromatic rings. The van der Waals surface area contributed by atoms with Crippen molar-refractivity contribution in [1.29, 1.82) is 5.26 Å². The molecule has 0 rings (SSSR count). The molecule has 0 aromatic carbocycles. The van der Waals surface area contributed by atoms with Crippen molar-refractivity contribution < 1.29 is 4.79 Å². The molecule has 0 saturated carbocycles. The van der Waals surface area contributed by atoms with Gasteiger partial charge < -0.3 is 10.6 Å². The molecule has 0 aromatic heterocycles. The molecule has 0 aliphatic carbocycles. The lowest BCUT2D eigenvalue weighted by atomic mass is 9.96. The second-order valence-corrected chi connectivity index (χ2v) is 3.80. The number of amides is 1. The van der Waals surface area contributed by atoms with Gasteiger partial charge in [0.2, 0.25) is 5.91 Å². The number of hydrogen-bond acceptors (Lipinski definition) is 3. The van der Waals surface area contributed by atoms with Gasteiger partial charge in [0.1, 0.15) is 0 Å². The van der Waals surface area contributed by atoms with Gasteiger partial charge in [0.15, 0.2) is 0 Å². The van der Waals surface area contributed by atoms with E-state index in [9.17, 15) is 4.79 Å². The maximum Gasteiger partial charge on any atom is 0.242 e. The summed E-state index contributed by atoms with van der Waals surface area (Å²) in [6.07, 6.45) is 1.90. The molecule has 14 heavy (non-hydrogen) atoms. The molecule has 0 aliphatic heterocycles. The van der Waals surface area contributed by atoms with Crippen LogP contribution in [0.5, 0.6) is 0 Å². The molecular formula is C10H19N3O. The minimum atomic E-state index is -0.793. The van der Waals surface area contributed by atoms with E-state index in [-0.39, 0.29) is 5.91 Å². The van der Waals surface area contributed by atoms with Gasteiger partial charge in [0.05, 0.1) is 18.0 Å². The summed E-state index contributed by atoms with van der Waals surface area (Å²) >= 11 is 0. The van der Waals surface area contributed by atoms with E-state index in [1.165, 1.54) is 4.90 Å². The Hall–Kier alpha value is -1.08. The third-order valence-corrected chi connectivity index (χ3v) is 2.16. The topological polar surface area (TPSA) is 70.1 Å². The number of nitriles is 1. The maximum atomic E-state index is 11.8. The Labute approximate surface area is 85.7 Å². The van der Waals surface area contributed by atoms with Crippen LogP contribution in [0.15, 0.2) is 0 Å². The molecule has 1 amide bonds. The fourth-order valence-electron chi connectivity index (χ4n) is 1.38. The van der Waals surface area contributed by atoms with Crippen LogP contribution in [0.25, 0.3) is 0 Å². The molecular weight excluding hydrogens is 178 g/mol. The minimum Gasteiger partial charge on any atom is -0.343 e. The number of carbonyl (C=O) groups excluding carboxylic acids is 1. The highest BCUT2D eigenvalue weighted by molar-refractivity contribution is 5.85. The summed E-state index contributed by atoms with van der Waals surface area (Å²) in [5, 5.41) is 8.38. The normalized spacial score (nSPS) is 14.2. The Morgan fingerprint density at radius 2 is 2.21 bits per heavy atom. The Morgan fingerprint density at radius 3 is 2.64 bits per heavy atom. The smallest absolute Gasteiger partial charge is 0.242 e. The zero-order valence-electron chi connectivity index (χ0n) is 9.21. The highest BCUT2D eigenvalue weighted by Gasteiger charge is 2.29. The summed E-state index contributed by atoms with van der Waals surface area (Å²) in [5.74, 6) is -0.0883. The van der Waals surface area contributed by atoms with E-state index in [0.29, 0.717) is 19.4 Å². The zero-order valence-corrected chi connectivity index (χ0v) is 9.21. The minimum absolute atomic E-state index is 0.0883. The van der Waals surface area contributed by atoms with Crippen molar-refractivity contribution in [2.45, 2.75) is 38.6 Å². The number of rotatable bonds is 5.